The van der Waals surface area contributed by atoms with E-state index in [1.165, 1.54) is 18.3 Å². The lowest BCUT2D eigenvalue weighted by molar-refractivity contribution is -0.111. The zero-order valence-corrected chi connectivity index (χ0v) is 27.8. The predicted octanol–water partition coefficient (Wildman–Crippen LogP) is 7.38. The first-order chi connectivity index (χ1) is 24.3. The van der Waals surface area contributed by atoms with E-state index >= 15 is 0 Å². The second-order valence-corrected chi connectivity index (χ2v) is 13.3. The van der Waals surface area contributed by atoms with E-state index in [-0.39, 0.29) is 23.4 Å². The van der Waals surface area contributed by atoms with Crippen LogP contribution in [0.1, 0.15) is 18.9 Å². The van der Waals surface area contributed by atoms with Gasteiger partial charge in [0.1, 0.15) is 17.3 Å². The van der Waals surface area contributed by atoms with Gasteiger partial charge in [0.15, 0.2) is 17.3 Å². The smallest absolute Gasteiger partial charge is 0.247 e. The number of hydrogen-bond acceptors (Lipinski definition) is 8. The molecule has 2 aliphatic heterocycles. The average Bonchev–Trinajstić information content (AvgIpc) is 3.64. The summed E-state index contributed by atoms with van der Waals surface area (Å²) in [6, 6.07) is 15.3. The van der Waals surface area contributed by atoms with E-state index in [9.17, 15) is 13.6 Å². The fourth-order valence-electron chi connectivity index (χ4n) is 7.35. The maximum atomic E-state index is 14.8. The Kier molecular flexibility index (Phi) is 8.10. The van der Waals surface area contributed by atoms with Crippen molar-refractivity contribution in [2.45, 2.75) is 18.9 Å². The summed E-state index contributed by atoms with van der Waals surface area (Å²) in [7, 11) is 3.74. The summed E-state index contributed by atoms with van der Waals surface area (Å²) in [6.07, 6.45) is 6.91. The number of para-hydroxylation sites is 1. The number of ether oxygens (including phenoxy) is 2. The van der Waals surface area contributed by atoms with E-state index in [4.69, 9.17) is 14.5 Å². The quantitative estimate of drug-likeness (QED) is 0.148. The number of nitrogens with zero attached hydrogens (tertiary/aromatic N) is 5. The minimum atomic E-state index is -0.842. The third kappa shape index (κ3) is 6.00. The second kappa shape index (κ2) is 12.8. The van der Waals surface area contributed by atoms with E-state index in [1.54, 1.807) is 7.11 Å². The van der Waals surface area contributed by atoms with Crippen LogP contribution < -0.4 is 25.0 Å². The molecule has 1 amide bonds. The lowest BCUT2D eigenvalue weighted by atomic mass is 10.0. The van der Waals surface area contributed by atoms with Crippen molar-refractivity contribution in [3.63, 3.8) is 0 Å². The van der Waals surface area contributed by atoms with E-state index < -0.39 is 11.6 Å². The second-order valence-electron chi connectivity index (χ2n) is 13.3. The van der Waals surface area contributed by atoms with Crippen molar-refractivity contribution in [1.29, 1.82) is 0 Å². The third-order valence-electron chi connectivity index (χ3n) is 9.82. The van der Waals surface area contributed by atoms with Crippen LogP contribution in [-0.4, -0.2) is 65.7 Å². The molecule has 3 fully saturated rings. The number of benzene rings is 3. The normalized spacial score (nSPS) is 18.7. The Morgan fingerprint density at radius 3 is 2.48 bits per heavy atom. The molecule has 0 bridgehead atoms. The van der Waals surface area contributed by atoms with Gasteiger partial charge in [-0.15, -0.1) is 0 Å². The van der Waals surface area contributed by atoms with E-state index in [0.29, 0.717) is 40.7 Å². The molecule has 50 heavy (non-hydrogen) atoms. The van der Waals surface area contributed by atoms with Crippen LogP contribution >= 0.6 is 0 Å². The molecule has 12 heteroatoms. The van der Waals surface area contributed by atoms with Gasteiger partial charge in [-0.2, -0.15) is 0 Å². The number of anilines is 4. The van der Waals surface area contributed by atoms with Crippen LogP contribution in [0.3, 0.4) is 0 Å². The number of aromatic nitrogens is 3. The van der Waals surface area contributed by atoms with Crippen LogP contribution in [0.25, 0.3) is 22.2 Å². The molecule has 2 atom stereocenters. The first-order valence-electron chi connectivity index (χ1n) is 16.7. The Morgan fingerprint density at radius 1 is 0.980 bits per heavy atom. The summed E-state index contributed by atoms with van der Waals surface area (Å²) in [4.78, 5) is 26.7. The molecule has 10 nitrogen and oxygen atoms in total. The fourth-order valence-corrected chi connectivity index (χ4v) is 7.35. The standard InChI is InChI=1S/C38H37F2N7O3/c1-4-36(48)42-29-14-30(34(49-3)15-32(29)46-19-22-17-45(2)18-23(22)20-46)43-38-41-16-35(50-33-12-9-24(39)13-28(33)40)37(44-38)27-21-47(25-10-11-25)31-8-6-5-7-26(27)31/h4-9,12-16,21-23,25H,1,10-11,17-20H2,2-3H3,(H,42,48)(H,41,43,44). The molecule has 1 saturated carbocycles. The lowest BCUT2D eigenvalue weighted by Crippen LogP contribution is -2.27. The molecule has 1 aliphatic carbocycles. The van der Waals surface area contributed by atoms with Crippen LogP contribution in [0.15, 0.2) is 79.6 Å². The number of halogens is 2. The minimum absolute atomic E-state index is 0.152. The molecule has 8 rings (SSSR count). The molecule has 5 aromatic rings. The summed E-state index contributed by atoms with van der Waals surface area (Å²) < 4.78 is 42.7. The molecule has 0 radical (unpaired) electrons. The number of carbonyl (C=O) groups excluding carboxylic acids is 1. The van der Waals surface area contributed by atoms with Gasteiger partial charge in [-0.05, 0) is 62.1 Å². The summed E-state index contributed by atoms with van der Waals surface area (Å²) >= 11 is 0. The van der Waals surface area contributed by atoms with Crippen molar-refractivity contribution >= 4 is 39.8 Å². The highest BCUT2D eigenvalue weighted by Gasteiger charge is 2.39. The molecular formula is C38H37F2N7O3. The molecule has 0 spiro atoms. The molecular weight excluding hydrogens is 640 g/mol. The van der Waals surface area contributed by atoms with Crippen LogP contribution in [0.2, 0.25) is 0 Å². The number of rotatable bonds is 10. The number of carbonyl (C=O) groups is 1. The zero-order chi connectivity index (χ0) is 34.5. The van der Waals surface area contributed by atoms with Gasteiger partial charge in [-0.25, -0.2) is 18.7 Å². The van der Waals surface area contributed by atoms with Gasteiger partial charge >= 0.3 is 0 Å². The fraction of sp³-hybridized carbons (Fsp3) is 0.289. The summed E-state index contributed by atoms with van der Waals surface area (Å²) in [5.41, 5.74) is 4.24. The van der Waals surface area contributed by atoms with Gasteiger partial charge in [-0.1, -0.05) is 24.8 Å². The molecule has 3 aromatic carbocycles. The van der Waals surface area contributed by atoms with Gasteiger partial charge in [0, 0.05) is 67.0 Å². The number of hydrogen-bond donors (Lipinski definition) is 2. The van der Waals surface area contributed by atoms with Crippen molar-refractivity contribution in [1.82, 2.24) is 19.4 Å². The van der Waals surface area contributed by atoms with Crippen molar-refractivity contribution in [2.24, 2.45) is 11.8 Å². The van der Waals surface area contributed by atoms with E-state index in [2.05, 4.69) is 49.7 Å². The van der Waals surface area contributed by atoms with Crippen molar-refractivity contribution in [3.8, 4) is 28.5 Å². The largest absolute Gasteiger partial charge is 0.494 e. The third-order valence-corrected chi connectivity index (χ3v) is 9.82. The first kappa shape index (κ1) is 31.8. The number of nitrogens with one attached hydrogen (secondary N) is 2. The highest BCUT2D eigenvalue weighted by molar-refractivity contribution is 6.02. The van der Waals surface area contributed by atoms with Crippen LogP contribution in [0.5, 0.6) is 17.2 Å². The highest BCUT2D eigenvalue weighted by atomic mass is 19.1. The van der Waals surface area contributed by atoms with Gasteiger partial charge in [0.05, 0.1) is 30.4 Å². The number of likely N-dealkylation sites (tertiary alicyclic amines) is 1. The molecule has 2 unspecified atom stereocenters. The summed E-state index contributed by atoms with van der Waals surface area (Å²) in [5, 5.41) is 7.22. The Morgan fingerprint density at radius 2 is 1.76 bits per heavy atom. The minimum Gasteiger partial charge on any atom is -0.494 e. The highest BCUT2D eigenvalue weighted by Crippen LogP contribution is 2.45. The Hall–Kier alpha value is -5.49. The van der Waals surface area contributed by atoms with Crippen molar-refractivity contribution in [2.75, 3.05) is 55.9 Å². The topological polar surface area (TPSA) is 96.8 Å². The van der Waals surface area contributed by atoms with E-state index in [0.717, 1.165) is 73.3 Å². The van der Waals surface area contributed by atoms with Crippen molar-refractivity contribution in [3.05, 3.63) is 91.3 Å². The lowest BCUT2D eigenvalue weighted by Gasteiger charge is -2.26. The van der Waals surface area contributed by atoms with Gasteiger partial charge in [0.2, 0.25) is 11.9 Å². The summed E-state index contributed by atoms with van der Waals surface area (Å²) in [5.74, 6) is 0.0275. The molecule has 3 aliphatic rings. The van der Waals surface area contributed by atoms with Crippen molar-refractivity contribution < 1.29 is 23.0 Å². The molecule has 256 valence electrons. The Balaban J connectivity index is 1.20. The molecule has 2 aromatic heterocycles. The Labute approximate surface area is 288 Å². The molecule has 2 N–H and O–H groups in total. The number of fused-ring (bicyclic) bond motifs is 2. The maximum Gasteiger partial charge on any atom is 0.247 e. The predicted molar refractivity (Wildman–Crippen MR) is 189 cm³/mol. The molecule has 4 heterocycles. The summed E-state index contributed by atoms with van der Waals surface area (Å²) in [6.45, 7) is 7.47. The average molecular weight is 678 g/mol. The Bertz CT molecular complexity index is 2120. The first-order valence-corrected chi connectivity index (χ1v) is 16.7. The number of amides is 1. The monoisotopic (exact) mass is 677 g/mol. The van der Waals surface area contributed by atoms with Crippen LogP contribution in [0, 0.1) is 23.5 Å². The van der Waals surface area contributed by atoms with E-state index in [1.807, 2.05) is 36.5 Å². The maximum absolute atomic E-state index is 14.8. The van der Waals surface area contributed by atoms with Crippen LogP contribution in [-0.2, 0) is 4.79 Å². The molecule has 2 saturated heterocycles. The SMILES string of the molecule is C=CC(=O)Nc1cc(Nc2ncc(Oc3ccc(F)cc3F)c(-c3cn(C4CC4)c4ccccc34)n2)c(OC)cc1N1CC2CN(C)CC2C1. The van der Waals surface area contributed by atoms with Gasteiger partial charge in [0.25, 0.3) is 0 Å². The zero-order valence-electron chi connectivity index (χ0n) is 27.8. The van der Waals surface area contributed by atoms with Crippen LogP contribution in [0.4, 0.5) is 31.8 Å². The van der Waals surface area contributed by atoms with Gasteiger partial charge < -0.3 is 34.5 Å². The number of methoxy groups -OCH3 is 1. The van der Waals surface area contributed by atoms with Gasteiger partial charge in [-0.3, -0.25) is 4.79 Å².